The van der Waals surface area contributed by atoms with Crippen LogP contribution in [0.1, 0.15) is 107 Å². The second-order valence-corrected chi connectivity index (χ2v) is 35.2. The van der Waals surface area contributed by atoms with Crippen LogP contribution in [0.3, 0.4) is 0 Å². The number of phenols is 2. The van der Waals surface area contributed by atoms with Gasteiger partial charge in [-0.25, -0.2) is 43.9 Å². The topological polar surface area (TPSA) is 538 Å². The van der Waals surface area contributed by atoms with Crippen LogP contribution in [-0.4, -0.2) is 186 Å². The second-order valence-electron chi connectivity index (χ2n) is 30.2. The van der Waals surface area contributed by atoms with Gasteiger partial charge in [0.15, 0.2) is 0 Å². The Balaban J connectivity index is 0.000000279. The van der Waals surface area contributed by atoms with Crippen molar-refractivity contribution in [3.8, 4) is 84.4 Å². The molecule has 10 aromatic carbocycles. The number of esters is 3. The summed E-state index contributed by atoms with van der Waals surface area (Å²) in [6.45, 7) is 9.52. The second kappa shape index (κ2) is 57.0. The lowest BCUT2D eigenvalue weighted by molar-refractivity contribution is -0.132. The van der Waals surface area contributed by atoms with Crippen LogP contribution >= 0.6 is 58.8 Å². The van der Waals surface area contributed by atoms with Gasteiger partial charge in [-0.3, -0.25) is 86.3 Å². The molecule has 0 heterocycles. The summed E-state index contributed by atoms with van der Waals surface area (Å²) >= 11 is 3.42. The zero-order chi connectivity index (χ0) is 109. The van der Waals surface area contributed by atoms with Crippen LogP contribution in [0.15, 0.2) is 182 Å². The van der Waals surface area contributed by atoms with Crippen LogP contribution in [0, 0.1) is 58.2 Å². The van der Waals surface area contributed by atoms with Crippen LogP contribution in [-0.2, 0) is 62.3 Å². The molecule has 3 unspecified atom stereocenters. The van der Waals surface area contributed by atoms with Gasteiger partial charge in [0.25, 0.3) is 0 Å². The molecule has 5 atom stereocenters. The third-order valence-electron chi connectivity index (χ3n) is 19.0. The molecule has 0 bridgehead atoms. The number of ether oxygens (including phenoxy) is 3. The number of hydrogen-bond donors (Lipinski definition) is 12. The number of amides is 10. The van der Waals surface area contributed by atoms with Crippen molar-refractivity contribution in [1.29, 1.82) is 0 Å². The number of thioether (sulfide) groups is 5. The quantitative estimate of drug-likeness (QED) is 0.0103. The van der Waals surface area contributed by atoms with Gasteiger partial charge in [0.05, 0.1) is 27.8 Å². The van der Waals surface area contributed by atoms with Gasteiger partial charge in [0.1, 0.15) is 117 Å². The number of carbonyl (C=O) groups is 18. The Morgan fingerprint density at radius 1 is 0.267 bits per heavy atom. The molecule has 33 nitrogen and oxygen atoms in total. The first kappa shape index (κ1) is 119. The van der Waals surface area contributed by atoms with Crippen molar-refractivity contribution in [2.75, 3.05) is 42.9 Å². The number of benzene rings is 10. The lowest BCUT2D eigenvalue weighted by Gasteiger charge is -2.15. The number of phenolic OH excluding ortho intramolecular Hbond substituents is 2. The maximum Gasteiger partial charge on any atom is 0.308 e. The Bertz CT molecular complexity index is 6160. The lowest BCUT2D eigenvalue weighted by Crippen LogP contribution is -2.46. The predicted molar refractivity (Wildman–Crippen MR) is 524 cm³/mol. The largest absolute Gasteiger partial charge is 0.507 e. The summed E-state index contributed by atoms with van der Waals surface area (Å²) in [5, 5.41) is 33.7. The van der Waals surface area contributed by atoms with Crippen LogP contribution in [0.4, 0.5) is 43.9 Å². The van der Waals surface area contributed by atoms with Gasteiger partial charge < -0.3 is 78.8 Å². The standard InChI is InChI=1S/3C20H18F2N2O5S.2C19H18F2N2O4S/c3*1-10(25)24-17(19(23)27)9-30-20(28)15-7-12(3-6-18(15)29-11(2)26)14-5-4-13(21)8-16(14)22;2*1-10(24)23-16(18(26)22-2)9-28-19(27)14-7-11(3-6-17(14)25)13-5-4-12(20)8-15(13)21/h3*3-8,17H,9H2,1-2H3,(H2,23,27)(H,24,25);2*3-8,16,25H,9H2,1-2H3,(H,22,26)(H,23,24)/t17-;;;16-;/m0..1./s1. The maximum atomic E-state index is 14.1. The molecule has 0 radical (unpaired) electrons. The minimum absolute atomic E-state index is 0.0399. The monoisotopic (exact) mass is 2120 g/mol. The first-order valence-corrected chi connectivity index (χ1v) is 47.1. The van der Waals surface area contributed by atoms with Crippen molar-refractivity contribution in [2.45, 2.75) is 85.6 Å². The molecular formula is C98H90F10N10O23S5. The van der Waals surface area contributed by atoms with E-state index in [1.165, 1.54) is 170 Å². The fourth-order valence-electron chi connectivity index (χ4n) is 12.4. The highest BCUT2D eigenvalue weighted by molar-refractivity contribution is 8.15. The number of halogens is 10. The molecule has 15 N–H and O–H groups in total. The van der Waals surface area contributed by atoms with E-state index in [0.29, 0.717) is 53.5 Å². The van der Waals surface area contributed by atoms with Gasteiger partial charge in [-0.1, -0.05) is 89.1 Å². The van der Waals surface area contributed by atoms with Gasteiger partial charge >= 0.3 is 17.9 Å². The number of likely N-dealkylation sites (N-methyl/N-ethyl adjacent to an activating group) is 2. The highest BCUT2D eigenvalue weighted by atomic mass is 32.2. The van der Waals surface area contributed by atoms with Gasteiger partial charge in [-0.2, -0.15) is 0 Å². The van der Waals surface area contributed by atoms with E-state index in [1.54, 1.807) is 0 Å². The molecule has 0 aliphatic heterocycles. The van der Waals surface area contributed by atoms with E-state index in [1.807, 2.05) is 0 Å². The SMILES string of the molecule is CC(=O)NC(CSC(=O)c1cc(-c2ccc(F)cc2F)ccc1OC(C)=O)C(N)=O.CC(=O)NC(CSC(=O)c1cc(-c2ccc(F)cc2F)ccc1OC(C)=O)C(N)=O.CC(=O)N[C@@H](CSC(=O)c1cc(-c2ccc(F)cc2F)ccc1OC(C)=O)C(N)=O.CNC(=O)C(CSC(=O)c1cc(-c2ccc(F)cc2F)ccc1O)NC(C)=O.CNC(=O)[C@@H](CSC(=O)c1cc(-c2ccc(F)cc2F)ccc1O)NC(C)=O. The Morgan fingerprint density at radius 3 is 0.637 bits per heavy atom. The van der Waals surface area contributed by atoms with Crippen molar-refractivity contribution in [3.63, 3.8) is 0 Å². The number of hydrogen-bond acceptors (Lipinski definition) is 28. The minimum Gasteiger partial charge on any atom is -0.507 e. The van der Waals surface area contributed by atoms with Crippen molar-refractivity contribution in [2.24, 2.45) is 17.2 Å². The average molecular weight is 2130 g/mol. The Labute approximate surface area is 846 Å². The van der Waals surface area contributed by atoms with Gasteiger partial charge in [-0.05, 0) is 149 Å². The average Bonchev–Trinajstić information content (AvgIpc) is 0.806. The molecule has 0 saturated heterocycles. The van der Waals surface area contributed by atoms with E-state index < -0.39 is 191 Å². The van der Waals surface area contributed by atoms with Crippen molar-refractivity contribution < 1.29 is 155 Å². The summed E-state index contributed by atoms with van der Waals surface area (Å²) in [7, 11) is 2.80. The maximum absolute atomic E-state index is 14.1. The van der Waals surface area contributed by atoms with E-state index >= 15 is 0 Å². The number of rotatable bonds is 33. The predicted octanol–water partition coefficient (Wildman–Crippen LogP) is 12.2. The molecule has 0 aromatic heterocycles. The molecule has 48 heteroatoms. The fourth-order valence-corrected chi connectivity index (χ4v) is 16.7. The minimum atomic E-state index is -1.09. The number of aromatic hydroxyl groups is 2. The van der Waals surface area contributed by atoms with Gasteiger partial charge in [0.2, 0.25) is 84.6 Å². The molecule has 10 amide bonds. The highest BCUT2D eigenvalue weighted by Crippen LogP contribution is 2.38. The van der Waals surface area contributed by atoms with E-state index in [9.17, 15) is 140 Å². The van der Waals surface area contributed by atoms with Crippen molar-refractivity contribution >= 4 is 161 Å². The number of nitrogens with two attached hydrogens (primary N) is 3. The zero-order valence-corrected chi connectivity index (χ0v) is 82.3. The van der Waals surface area contributed by atoms with E-state index in [4.69, 9.17) is 31.4 Å². The van der Waals surface area contributed by atoms with Gasteiger partial charge in [-0.15, -0.1) is 0 Å². The number of nitrogens with one attached hydrogen (secondary N) is 7. The Kier molecular flexibility index (Phi) is 46.4. The Morgan fingerprint density at radius 2 is 0.452 bits per heavy atom. The first-order chi connectivity index (χ1) is 68.7. The van der Waals surface area contributed by atoms with Crippen LogP contribution in [0.5, 0.6) is 28.7 Å². The third kappa shape index (κ3) is 37.6. The van der Waals surface area contributed by atoms with Gasteiger partial charge in [0, 0.05) is 156 Å². The summed E-state index contributed by atoms with van der Waals surface area (Å²) in [5.41, 5.74) is 16.8. The molecule has 770 valence electrons. The lowest BCUT2D eigenvalue weighted by atomic mass is 10.0. The summed E-state index contributed by atoms with van der Waals surface area (Å²) < 4.78 is 151. The molecule has 0 saturated carbocycles. The summed E-state index contributed by atoms with van der Waals surface area (Å²) in [6, 6.07) is 29.8. The third-order valence-corrected chi connectivity index (χ3v) is 23.9. The van der Waals surface area contributed by atoms with Crippen molar-refractivity contribution in [1.82, 2.24) is 37.2 Å². The molecule has 0 aliphatic carbocycles. The van der Waals surface area contributed by atoms with E-state index in [-0.39, 0.29) is 141 Å². The zero-order valence-electron chi connectivity index (χ0n) is 78.3. The molecule has 0 spiro atoms. The van der Waals surface area contributed by atoms with Crippen molar-refractivity contribution in [3.05, 3.63) is 268 Å². The summed E-state index contributed by atoms with van der Waals surface area (Å²) in [6.07, 6.45) is 0. The smallest absolute Gasteiger partial charge is 0.308 e. The summed E-state index contributed by atoms with van der Waals surface area (Å²) in [4.78, 5) is 211. The van der Waals surface area contributed by atoms with E-state index in [2.05, 4.69) is 37.2 Å². The Hall–Kier alpha value is -15.7. The highest BCUT2D eigenvalue weighted by Gasteiger charge is 2.30. The molecular weight excluding hydrogens is 2040 g/mol. The van der Waals surface area contributed by atoms with Crippen LogP contribution in [0.25, 0.3) is 55.6 Å². The molecule has 10 aromatic rings. The van der Waals surface area contributed by atoms with Crippen LogP contribution in [0.2, 0.25) is 0 Å². The normalized spacial score (nSPS) is 11.5. The molecule has 10 rings (SSSR count). The van der Waals surface area contributed by atoms with E-state index in [0.717, 1.165) is 86.8 Å². The first-order valence-electron chi connectivity index (χ1n) is 42.1. The fraction of sp³-hybridized carbons (Fsp3) is 0.204. The molecule has 0 aliphatic rings. The molecule has 0 fully saturated rings. The number of carbonyl (C=O) groups excluding carboxylic acids is 18. The summed E-state index contributed by atoms with van der Waals surface area (Å²) in [5.74, 6) is -17.1. The number of primary amides is 3. The molecule has 146 heavy (non-hydrogen) atoms. The van der Waals surface area contributed by atoms with Crippen LogP contribution < -0.4 is 68.6 Å².